The SMILES string of the molecule is Cn1c2ccccc2c2c(-c3ccc(Cl)cc3)c(-c3ccc(Cl)cc3)c3c4ccccc4n(C)c3c21. The maximum Gasteiger partial charge on any atom is 0.0743 e. The number of aryl methyl sites for hydroxylation is 2. The van der Waals surface area contributed by atoms with Crippen molar-refractivity contribution in [1.82, 2.24) is 9.13 Å². The van der Waals surface area contributed by atoms with Crippen molar-refractivity contribution in [1.29, 1.82) is 0 Å². The van der Waals surface area contributed by atoms with Gasteiger partial charge in [-0.3, -0.25) is 0 Å². The van der Waals surface area contributed by atoms with Crippen LogP contribution in [-0.2, 0) is 14.1 Å². The number of nitrogens with zero attached hydrogens (tertiary/aromatic N) is 2. The molecule has 7 rings (SSSR count). The number of rotatable bonds is 2. The molecular weight excluding hydrogens is 483 g/mol. The lowest BCUT2D eigenvalue weighted by molar-refractivity contribution is 0.986. The number of hydrogen-bond acceptors (Lipinski definition) is 0. The van der Waals surface area contributed by atoms with Gasteiger partial charge in [-0.1, -0.05) is 83.9 Å². The molecule has 0 N–H and O–H groups in total. The van der Waals surface area contributed by atoms with Crippen LogP contribution >= 0.6 is 23.2 Å². The summed E-state index contributed by atoms with van der Waals surface area (Å²) in [5, 5.41) is 6.43. The van der Waals surface area contributed by atoms with E-state index in [1.165, 1.54) is 54.7 Å². The van der Waals surface area contributed by atoms with Crippen LogP contribution < -0.4 is 0 Å². The third kappa shape index (κ3) is 2.92. The standard InChI is InChI=1S/C32H22Cl2N2/c1-35-25-9-5-3-7-23(25)29-27(19-11-15-21(33)16-12-19)28(20-13-17-22(34)18-14-20)30-24-8-4-6-10-26(24)36(2)32(30)31(29)35/h3-18H,1-2H3. The molecule has 0 saturated carbocycles. The maximum absolute atomic E-state index is 6.35. The summed E-state index contributed by atoms with van der Waals surface area (Å²) in [5.74, 6) is 0. The zero-order valence-corrected chi connectivity index (χ0v) is 21.4. The number of halogens is 2. The lowest BCUT2D eigenvalue weighted by atomic mass is 9.87. The molecule has 0 aliphatic rings. The van der Waals surface area contributed by atoms with Crippen molar-refractivity contribution >= 4 is 66.8 Å². The number of aromatic nitrogens is 2. The highest BCUT2D eigenvalue weighted by molar-refractivity contribution is 6.33. The fraction of sp³-hybridized carbons (Fsp3) is 0.0625. The molecule has 0 amide bonds. The Morgan fingerprint density at radius 2 is 0.833 bits per heavy atom. The van der Waals surface area contributed by atoms with E-state index in [9.17, 15) is 0 Å². The van der Waals surface area contributed by atoms with Gasteiger partial charge in [0.1, 0.15) is 0 Å². The monoisotopic (exact) mass is 504 g/mol. The van der Waals surface area contributed by atoms with E-state index in [0.29, 0.717) is 0 Å². The Morgan fingerprint density at radius 1 is 0.472 bits per heavy atom. The van der Waals surface area contributed by atoms with Gasteiger partial charge in [0, 0.05) is 67.8 Å². The van der Waals surface area contributed by atoms with Gasteiger partial charge < -0.3 is 9.13 Å². The van der Waals surface area contributed by atoms with Gasteiger partial charge in [-0.2, -0.15) is 0 Å². The minimum Gasteiger partial charge on any atom is -0.342 e. The third-order valence-corrected chi connectivity index (χ3v) is 7.96. The molecule has 0 aliphatic carbocycles. The lowest BCUT2D eigenvalue weighted by Gasteiger charge is -2.17. The maximum atomic E-state index is 6.35. The quantitative estimate of drug-likeness (QED) is 0.221. The Hall–Kier alpha value is -3.72. The molecule has 0 bridgehead atoms. The van der Waals surface area contributed by atoms with Crippen molar-refractivity contribution < 1.29 is 0 Å². The molecule has 0 radical (unpaired) electrons. The highest BCUT2D eigenvalue weighted by Gasteiger charge is 2.26. The molecule has 0 atom stereocenters. The first-order valence-electron chi connectivity index (χ1n) is 12.0. The van der Waals surface area contributed by atoms with Gasteiger partial charge in [0.15, 0.2) is 0 Å². The van der Waals surface area contributed by atoms with Crippen LogP contribution in [0.3, 0.4) is 0 Å². The van der Waals surface area contributed by atoms with Crippen LogP contribution in [0.1, 0.15) is 0 Å². The van der Waals surface area contributed by atoms with E-state index in [2.05, 4.69) is 96.0 Å². The Bertz CT molecular complexity index is 1810. The first kappa shape index (κ1) is 21.6. The van der Waals surface area contributed by atoms with Gasteiger partial charge in [0.25, 0.3) is 0 Å². The summed E-state index contributed by atoms with van der Waals surface area (Å²) in [6, 6.07) is 33.8. The Kier molecular flexibility index (Phi) is 4.73. The third-order valence-electron chi connectivity index (χ3n) is 7.45. The molecule has 0 unspecified atom stereocenters. The average Bonchev–Trinajstić information content (AvgIpc) is 3.36. The number of fused-ring (bicyclic) bond motifs is 7. The van der Waals surface area contributed by atoms with E-state index in [1.54, 1.807) is 0 Å². The minimum atomic E-state index is 0.729. The van der Waals surface area contributed by atoms with Crippen molar-refractivity contribution in [2.75, 3.05) is 0 Å². The van der Waals surface area contributed by atoms with Crippen molar-refractivity contribution in [3.8, 4) is 22.3 Å². The van der Waals surface area contributed by atoms with Crippen LogP contribution in [0.25, 0.3) is 65.9 Å². The predicted molar refractivity (Wildman–Crippen MR) is 155 cm³/mol. The molecule has 0 saturated heterocycles. The van der Waals surface area contributed by atoms with Crippen LogP contribution in [0, 0.1) is 0 Å². The Labute approximate surface area is 218 Å². The van der Waals surface area contributed by atoms with Gasteiger partial charge in [-0.25, -0.2) is 0 Å². The van der Waals surface area contributed by atoms with E-state index < -0.39 is 0 Å². The van der Waals surface area contributed by atoms with Crippen LogP contribution in [0.5, 0.6) is 0 Å². The first-order chi connectivity index (χ1) is 17.5. The zero-order chi connectivity index (χ0) is 24.6. The molecule has 0 fully saturated rings. The van der Waals surface area contributed by atoms with Crippen molar-refractivity contribution in [3.05, 3.63) is 107 Å². The van der Waals surface area contributed by atoms with Crippen LogP contribution in [0.2, 0.25) is 10.0 Å². The van der Waals surface area contributed by atoms with Gasteiger partial charge in [0.05, 0.1) is 11.0 Å². The highest BCUT2D eigenvalue weighted by Crippen LogP contribution is 2.50. The lowest BCUT2D eigenvalue weighted by Crippen LogP contribution is -1.96. The zero-order valence-electron chi connectivity index (χ0n) is 19.9. The van der Waals surface area contributed by atoms with Gasteiger partial charge in [-0.15, -0.1) is 0 Å². The molecule has 0 aliphatic heterocycles. The number of hydrogen-bond donors (Lipinski definition) is 0. The molecule has 2 heterocycles. The normalized spacial score (nSPS) is 11.9. The van der Waals surface area contributed by atoms with E-state index in [-0.39, 0.29) is 0 Å². The Morgan fingerprint density at radius 3 is 1.22 bits per heavy atom. The van der Waals surface area contributed by atoms with Crippen molar-refractivity contribution in [2.45, 2.75) is 0 Å². The second-order valence-electron chi connectivity index (χ2n) is 9.36. The van der Waals surface area contributed by atoms with Gasteiger partial charge in [-0.05, 0) is 47.5 Å². The summed E-state index contributed by atoms with van der Waals surface area (Å²) in [7, 11) is 4.35. The van der Waals surface area contributed by atoms with E-state index in [0.717, 1.165) is 21.2 Å². The molecule has 4 heteroatoms. The molecule has 174 valence electrons. The predicted octanol–water partition coefficient (Wildman–Crippen LogP) is 9.62. The fourth-order valence-electron chi connectivity index (χ4n) is 5.91. The van der Waals surface area contributed by atoms with Gasteiger partial charge >= 0.3 is 0 Å². The van der Waals surface area contributed by atoms with Gasteiger partial charge in [0.2, 0.25) is 0 Å². The summed E-state index contributed by atoms with van der Waals surface area (Å²) in [6.07, 6.45) is 0. The molecule has 2 aromatic heterocycles. The summed E-state index contributed by atoms with van der Waals surface area (Å²) in [6.45, 7) is 0. The Balaban J connectivity index is 1.86. The summed E-state index contributed by atoms with van der Waals surface area (Å²) >= 11 is 12.7. The van der Waals surface area contributed by atoms with Crippen LogP contribution in [0.4, 0.5) is 0 Å². The molecule has 0 spiro atoms. The largest absolute Gasteiger partial charge is 0.342 e. The molecule has 5 aromatic carbocycles. The van der Waals surface area contributed by atoms with Crippen LogP contribution in [-0.4, -0.2) is 9.13 Å². The smallest absolute Gasteiger partial charge is 0.0743 e. The van der Waals surface area contributed by atoms with E-state index in [4.69, 9.17) is 23.2 Å². The number of benzene rings is 5. The van der Waals surface area contributed by atoms with E-state index >= 15 is 0 Å². The molecule has 7 aromatic rings. The second kappa shape index (κ2) is 7.89. The number of para-hydroxylation sites is 2. The fourth-order valence-corrected chi connectivity index (χ4v) is 6.16. The van der Waals surface area contributed by atoms with E-state index in [1.807, 2.05) is 24.3 Å². The second-order valence-corrected chi connectivity index (χ2v) is 10.2. The summed E-state index contributed by atoms with van der Waals surface area (Å²) in [4.78, 5) is 0. The van der Waals surface area contributed by atoms with Crippen LogP contribution in [0.15, 0.2) is 97.1 Å². The minimum absolute atomic E-state index is 0.729. The summed E-state index contributed by atoms with van der Waals surface area (Å²) < 4.78 is 4.69. The topological polar surface area (TPSA) is 9.86 Å². The van der Waals surface area contributed by atoms with Crippen molar-refractivity contribution in [2.24, 2.45) is 14.1 Å². The van der Waals surface area contributed by atoms with Crippen molar-refractivity contribution in [3.63, 3.8) is 0 Å². The average molecular weight is 505 g/mol. The molecule has 2 nitrogen and oxygen atoms in total. The first-order valence-corrected chi connectivity index (χ1v) is 12.7. The molecular formula is C32H22Cl2N2. The summed E-state index contributed by atoms with van der Waals surface area (Å²) in [5.41, 5.74) is 9.58. The molecule has 36 heavy (non-hydrogen) atoms. The highest BCUT2D eigenvalue weighted by atomic mass is 35.5.